The van der Waals surface area contributed by atoms with Crippen LogP contribution in [-0.2, 0) is 9.59 Å². The lowest BCUT2D eigenvalue weighted by Crippen LogP contribution is -2.06. The third kappa shape index (κ3) is 2.03. The van der Waals surface area contributed by atoms with Crippen molar-refractivity contribution in [3.05, 3.63) is 33.2 Å². The van der Waals surface area contributed by atoms with E-state index in [0.29, 0.717) is 0 Å². The highest BCUT2D eigenvalue weighted by Gasteiger charge is 2.20. The minimum atomic E-state index is -0.726. The number of carbonyl (C=O) groups is 2. The highest BCUT2D eigenvalue weighted by atomic mass is 32.2. The fourth-order valence-electron chi connectivity index (χ4n) is 0.640. The van der Waals surface area contributed by atoms with Crippen LogP contribution in [0.1, 0.15) is 0 Å². The van der Waals surface area contributed by atoms with E-state index in [1.807, 2.05) is 0 Å². The van der Waals surface area contributed by atoms with Crippen LogP contribution in [0.3, 0.4) is 0 Å². The number of allylic oxidation sites excluding steroid dienone is 4. The van der Waals surface area contributed by atoms with Gasteiger partial charge in [0.1, 0.15) is 9.23 Å². The fourth-order valence-corrected chi connectivity index (χ4v) is 1.13. The Hall–Kier alpha value is -1.43. The molecule has 1 rings (SSSR count). The maximum atomic E-state index is 10.8. The van der Waals surface area contributed by atoms with Gasteiger partial charge in [-0.3, -0.25) is 19.7 Å². The number of rotatable bonds is 2. The van der Waals surface area contributed by atoms with E-state index in [0.717, 1.165) is 18.2 Å². The van der Waals surface area contributed by atoms with Gasteiger partial charge in [0.05, 0.1) is 0 Å². The minimum Gasteiger partial charge on any atom is -0.290 e. The molecule has 0 spiro atoms. The summed E-state index contributed by atoms with van der Waals surface area (Å²) in [7, 11) is 0. The van der Waals surface area contributed by atoms with Gasteiger partial charge >= 0.3 is 0 Å². The SMILES string of the molecule is O=C1C=CC(=O)C(S[N+](=O)[O-])=C1. The van der Waals surface area contributed by atoms with Gasteiger partial charge < -0.3 is 0 Å². The average molecular weight is 185 g/mol. The molecule has 1 aliphatic rings. The molecule has 0 saturated carbocycles. The monoisotopic (exact) mass is 185 g/mol. The molecule has 0 radical (unpaired) electrons. The van der Waals surface area contributed by atoms with E-state index < -0.39 is 15.9 Å². The van der Waals surface area contributed by atoms with Gasteiger partial charge in [-0.15, -0.1) is 0 Å². The molecule has 0 atom stereocenters. The van der Waals surface area contributed by atoms with E-state index >= 15 is 0 Å². The molecule has 12 heavy (non-hydrogen) atoms. The van der Waals surface area contributed by atoms with Crippen LogP contribution < -0.4 is 0 Å². The van der Waals surface area contributed by atoms with Crippen molar-refractivity contribution in [2.45, 2.75) is 0 Å². The number of nitrogens with zero attached hydrogens (tertiary/aromatic N) is 1. The summed E-state index contributed by atoms with van der Waals surface area (Å²) >= 11 is 0.149. The zero-order valence-electron chi connectivity index (χ0n) is 5.72. The van der Waals surface area contributed by atoms with E-state index in [1.54, 1.807) is 0 Å². The predicted molar refractivity (Wildman–Crippen MR) is 41.8 cm³/mol. The number of carbonyl (C=O) groups excluding carboxylic acids is 2. The fraction of sp³-hybridized carbons (Fsp3) is 0. The number of ketones is 2. The Kier molecular flexibility index (Phi) is 2.39. The number of nitro groups is 1. The number of hydrogen-bond donors (Lipinski definition) is 0. The van der Waals surface area contributed by atoms with Crippen LogP contribution in [0.25, 0.3) is 0 Å². The molecule has 0 saturated heterocycles. The van der Waals surface area contributed by atoms with Gasteiger partial charge in [-0.2, -0.15) is 0 Å². The predicted octanol–water partition coefficient (Wildman–Crippen LogP) is 0.503. The van der Waals surface area contributed by atoms with E-state index in [1.165, 1.54) is 0 Å². The molecule has 1 aliphatic carbocycles. The van der Waals surface area contributed by atoms with Crippen molar-refractivity contribution in [2.75, 3.05) is 0 Å². The molecule has 0 aromatic heterocycles. The molecular weight excluding hydrogens is 182 g/mol. The van der Waals surface area contributed by atoms with Crippen LogP contribution in [0, 0.1) is 10.1 Å². The third-order valence-corrected chi connectivity index (χ3v) is 1.75. The maximum Gasteiger partial charge on any atom is 0.269 e. The summed E-state index contributed by atoms with van der Waals surface area (Å²) in [6, 6.07) is 0. The first-order chi connectivity index (χ1) is 5.59. The van der Waals surface area contributed by atoms with Gasteiger partial charge in [0.25, 0.3) is 11.9 Å². The molecule has 0 amide bonds. The van der Waals surface area contributed by atoms with E-state index in [4.69, 9.17) is 0 Å². The van der Waals surface area contributed by atoms with Crippen LogP contribution in [0.2, 0.25) is 0 Å². The molecule has 0 unspecified atom stereocenters. The molecule has 6 heteroatoms. The molecule has 0 aromatic carbocycles. The van der Waals surface area contributed by atoms with Gasteiger partial charge in [-0.1, -0.05) is 0 Å². The molecule has 0 heterocycles. The standard InChI is InChI=1S/C6H3NO4S/c8-4-1-2-5(9)6(3-4)12-7(10)11/h1-3H. The summed E-state index contributed by atoms with van der Waals surface area (Å²) in [6.07, 6.45) is 3.05. The lowest BCUT2D eigenvalue weighted by atomic mass is 10.2. The van der Waals surface area contributed by atoms with Gasteiger partial charge in [-0.25, -0.2) is 0 Å². The van der Waals surface area contributed by atoms with Crippen molar-refractivity contribution in [1.29, 1.82) is 0 Å². The van der Waals surface area contributed by atoms with E-state index in [2.05, 4.69) is 0 Å². The lowest BCUT2D eigenvalue weighted by molar-refractivity contribution is -0.282. The third-order valence-electron chi connectivity index (χ3n) is 1.09. The van der Waals surface area contributed by atoms with Crippen LogP contribution >= 0.6 is 11.9 Å². The van der Waals surface area contributed by atoms with Crippen LogP contribution in [0.15, 0.2) is 23.1 Å². The van der Waals surface area contributed by atoms with Gasteiger partial charge in [0, 0.05) is 6.08 Å². The summed E-state index contributed by atoms with van der Waals surface area (Å²) in [4.78, 5) is 31.3. The summed E-state index contributed by atoms with van der Waals surface area (Å²) in [5, 5.41) is 9.96. The summed E-state index contributed by atoms with van der Waals surface area (Å²) in [6.45, 7) is 0. The Morgan fingerprint density at radius 3 is 2.58 bits per heavy atom. The second-order valence-electron chi connectivity index (χ2n) is 1.92. The molecule has 62 valence electrons. The van der Waals surface area contributed by atoms with Crippen LogP contribution in [0.5, 0.6) is 0 Å². The Morgan fingerprint density at radius 2 is 2.00 bits per heavy atom. The van der Waals surface area contributed by atoms with Crippen molar-refractivity contribution in [3.63, 3.8) is 0 Å². The second-order valence-corrected chi connectivity index (χ2v) is 2.84. The number of hydrogen-bond acceptors (Lipinski definition) is 5. The molecule has 5 nitrogen and oxygen atoms in total. The lowest BCUT2D eigenvalue weighted by Gasteiger charge is -1.97. The second kappa shape index (κ2) is 3.31. The van der Waals surface area contributed by atoms with Gasteiger partial charge in [-0.05, 0) is 12.2 Å². The van der Waals surface area contributed by atoms with Crippen LogP contribution in [0.4, 0.5) is 0 Å². The largest absolute Gasteiger partial charge is 0.290 e. The highest BCUT2D eigenvalue weighted by molar-refractivity contribution is 7.98. The molecule has 0 bridgehead atoms. The van der Waals surface area contributed by atoms with Crippen molar-refractivity contribution in [3.8, 4) is 0 Å². The zero-order valence-corrected chi connectivity index (χ0v) is 6.54. The minimum absolute atomic E-state index is 0.146. The Bertz CT molecular complexity index is 318. The first-order valence-corrected chi connectivity index (χ1v) is 3.67. The van der Waals surface area contributed by atoms with Crippen molar-refractivity contribution >= 4 is 23.5 Å². The van der Waals surface area contributed by atoms with E-state index in [-0.39, 0.29) is 16.9 Å². The van der Waals surface area contributed by atoms with Crippen LogP contribution in [-0.4, -0.2) is 15.9 Å². The Labute approximate surface area is 71.4 Å². The molecule has 0 aliphatic heterocycles. The first-order valence-electron chi connectivity index (χ1n) is 2.90. The van der Waals surface area contributed by atoms with Gasteiger partial charge in [0.15, 0.2) is 11.6 Å². The Morgan fingerprint density at radius 1 is 1.33 bits per heavy atom. The normalized spacial score (nSPS) is 16.2. The van der Waals surface area contributed by atoms with E-state index in [9.17, 15) is 19.7 Å². The van der Waals surface area contributed by atoms with Crippen molar-refractivity contribution < 1.29 is 13.9 Å². The summed E-state index contributed by atoms with van der Waals surface area (Å²) < 4.78 is -0.726. The highest BCUT2D eigenvalue weighted by Crippen LogP contribution is 2.19. The smallest absolute Gasteiger partial charge is 0.269 e. The molecule has 0 fully saturated rings. The topological polar surface area (TPSA) is 77.3 Å². The quantitative estimate of drug-likeness (QED) is 0.271. The molecular formula is C6H3NO4S. The van der Waals surface area contributed by atoms with Gasteiger partial charge in [0.2, 0.25) is 0 Å². The summed E-state index contributed by atoms with van der Waals surface area (Å²) in [5.41, 5.74) is 0. The first kappa shape index (κ1) is 8.66. The zero-order chi connectivity index (χ0) is 9.14. The Balaban J connectivity index is 2.81. The average Bonchev–Trinajstić information content (AvgIpc) is 1.96. The maximum absolute atomic E-state index is 10.8. The molecule has 0 N–H and O–H groups in total. The van der Waals surface area contributed by atoms with Crippen molar-refractivity contribution in [2.24, 2.45) is 0 Å². The summed E-state index contributed by atoms with van der Waals surface area (Å²) in [5.74, 6) is -0.907. The van der Waals surface area contributed by atoms with Crippen molar-refractivity contribution in [1.82, 2.24) is 0 Å². The molecule has 0 aromatic rings.